The van der Waals surface area contributed by atoms with Crippen LogP contribution in [0.2, 0.25) is 0 Å². The third-order valence-corrected chi connectivity index (χ3v) is 4.40. The normalized spacial score (nSPS) is 17.2. The van der Waals surface area contributed by atoms with Gasteiger partial charge in [0.15, 0.2) is 11.5 Å². The van der Waals surface area contributed by atoms with E-state index in [1.807, 2.05) is 6.07 Å². The highest BCUT2D eigenvalue weighted by molar-refractivity contribution is 9.10. The molecular weight excluding hydrogens is 301 g/mol. The van der Waals surface area contributed by atoms with Crippen molar-refractivity contribution in [1.29, 1.82) is 0 Å². The molecule has 2 rings (SSSR count). The van der Waals surface area contributed by atoms with Crippen molar-refractivity contribution in [3.63, 3.8) is 0 Å². The monoisotopic (exact) mass is 317 g/mol. The minimum atomic E-state index is -0.468. The number of benzene rings is 1. The average Bonchev–Trinajstić information content (AvgIpc) is 2.29. The molecule has 0 aliphatic heterocycles. The molecule has 18 heavy (non-hydrogen) atoms. The van der Waals surface area contributed by atoms with Gasteiger partial charge in [-0.3, -0.25) is 0 Å². The summed E-state index contributed by atoms with van der Waals surface area (Å²) in [5.74, 6) is -0.0496. The Balaban J connectivity index is 2.60. The summed E-state index contributed by atoms with van der Waals surface area (Å²) in [7, 11) is 2.91. The Morgan fingerprint density at radius 2 is 1.94 bits per heavy atom. The van der Waals surface area contributed by atoms with Crippen molar-refractivity contribution in [2.45, 2.75) is 24.7 Å². The van der Waals surface area contributed by atoms with E-state index in [2.05, 4.69) is 15.9 Å². The van der Waals surface area contributed by atoms with Crippen LogP contribution in [0.4, 0.5) is 4.39 Å². The molecule has 0 bridgehead atoms. The fraction of sp³-hybridized carbons (Fsp3) is 0.538. The summed E-state index contributed by atoms with van der Waals surface area (Å²) >= 11 is 3.34. The Bertz CT molecular complexity index is 455. The number of methoxy groups -OCH3 is 2. The van der Waals surface area contributed by atoms with Gasteiger partial charge in [-0.15, -0.1) is 0 Å². The summed E-state index contributed by atoms with van der Waals surface area (Å²) in [4.78, 5) is 0. The predicted molar refractivity (Wildman–Crippen MR) is 71.8 cm³/mol. The lowest BCUT2D eigenvalue weighted by atomic mass is 9.64. The van der Waals surface area contributed by atoms with Crippen LogP contribution in [-0.2, 0) is 5.41 Å². The van der Waals surface area contributed by atoms with E-state index >= 15 is 0 Å². The van der Waals surface area contributed by atoms with E-state index in [-0.39, 0.29) is 16.9 Å². The second-order valence-electron chi connectivity index (χ2n) is 4.62. The van der Waals surface area contributed by atoms with Gasteiger partial charge in [-0.2, -0.15) is 4.39 Å². The molecule has 0 spiro atoms. The molecule has 0 heterocycles. The molecule has 100 valence electrons. The van der Waals surface area contributed by atoms with Gasteiger partial charge in [-0.05, 0) is 34.8 Å². The van der Waals surface area contributed by atoms with E-state index < -0.39 is 5.82 Å². The van der Waals surface area contributed by atoms with Crippen LogP contribution in [0.15, 0.2) is 10.5 Å². The van der Waals surface area contributed by atoms with Crippen LogP contribution in [0.5, 0.6) is 11.5 Å². The number of nitrogens with two attached hydrogens (primary N) is 1. The van der Waals surface area contributed by atoms with E-state index in [9.17, 15) is 4.39 Å². The molecule has 0 unspecified atom stereocenters. The largest absolute Gasteiger partial charge is 0.493 e. The first-order chi connectivity index (χ1) is 8.59. The van der Waals surface area contributed by atoms with E-state index in [0.717, 1.165) is 24.8 Å². The second-order valence-corrected chi connectivity index (χ2v) is 5.48. The SMILES string of the molecule is COc1c(Br)cc(C2(CN)CCC2)c(OC)c1F. The minimum Gasteiger partial charge on any atom is -0.493 e. The maximum absolute atomic E-state index is 14.3. The van der Waals surface area contributed by atoms with E-state index in [1.54, 1.807) is 0 Å². The lowest BCUT2D eigenvalue weighted by molar-refractivity contribution is 0.238. The molecule has 0 aromatic heterocycles. The Labute approximate surface area is 115 Å². The van der Waals surface area contributed by atoms with Crippen molar-refractivity contribution in [2.24, 2.45) is 5.73 Å². The maximum Gasteiger partial charge on any atom is 0.208 e. The molecule has 1 aromatic carbocycles. The van der Waals surface area contributed by atoms with Crippen LogP contribution in [0, 0.1) is 5.82 Å². The van der Waals surface area contributed by atoms with Gasteiger partial charge < -0.3 is 15.2 Å². The number of hydrogen-bond acceptors (Lipinski definition) is 3. The lowest BCUT2D eigenvalue weighted by Crippen LogP contribution is -2.42. The van der Waals surface area contributed by atoms with E-state index in [4.69, 9.17) is 15.2 Å². The van der Waals surface area contributed by atoms with Gasteiger partial charge in [0.25, 0.3) is 0 Å². The molecule has 1 aliphatic carbocycles. The topological polar surface area (TPSA) is 44.5 Å². The van der Waals surface area contributed by atoms with Gasteiger partial charge in [-0.25, -0.2) is 0 Å². The third kappa shape index (κ3) is 1.89. The van der Waals surface area contributed by atoms with E-state index in [0.29, 0.717) is 11.0 Å². The Morgan fingerprint density at radius 1 is 1.33 bits per heavy atom. The maximum atomic E-state index is 14.3. The smallest absolute Gasteiger partial charge is 0.208 e. The van der Waals surface area contributed by atoms with Crippen LogP contribution in [0.25, 0.3) is 0 Å². The second kappa shape index (κ2) is 5.05. The molecular formula is C13H17BrFNO2. The number of halogens is 2. The molecule has 0 atom stereocenters. The zero-order valence-electron chi connectivity index (χ0n) is 10.6. The summed E-state index contributed by atoms with van der Waals surface area (Å²) in [5, 5.41) is 0. The average molecular weight is 318 g/mol. The molecule has 3 nitrogen and oxygen atoms in total. The van der Waals surface area contributed by atoms with Gasteiger partial charge in [0.1, 0.15) is 0 Å². The first kappa shape index (κ1) is 13.6. The molecule has 0 radical (unpaired) electrons. The van der Waals surface area contributed by atoms with E-state index in [1.165, 1.54) is 14.2 Å². The zero-order valence-corrected chi connectivity index (χ0v) is 12.1. The molecule has 1 saturated carbocycles. The van der Waals surface area contributed by atoms with Gasteiger partial charge in [0.05, 0.1) is 18.7 Å². The van der Waals surface area contributed by atoms with Gasteiger partial charge in [0.2, 0.25) is 5.82 Å². The molecule has 5 heteroatoms. The predicted octanol–water partition coefficient (Wildman–Crippen LogP) is 2.99. The van der Waals surface area contributed by atoms with Crippen LogP contribution in [-0.4, -0.2) is 20.8 Å². The van der Waals surface area contributed by atoms with Crippen molar-refractivity contribution < 1.29 is 13.9 Å². The summed E-state index contributed by atoms with van der Waals surface area (Å²) in [6, 6.07) is 1.87. The standard InChI is InChI=1S/C13H17BrFNO2/c1-17-11-8(13(7-16)4-3-5-13)6-9(14)12(18-2)10(11)15/h6H,3-5,7,16H2,1-2H3. The third-order valence-electron chi connectivity index (χ3n) is 3.81. The van der Waals surface area contributed by atoms with Crippen LogP contribution in [0.1, 0.15) is 24.8 Å². The molecule has 1 aliphatic rings. The Kier molecular flexibility index (Phi) is 3.82. The number of hydrogen-bond donors (Lipinski definition) is 1. The van der Waals surface area contributed by atoms with Crippen molar-refractivity contribution in [3.8, 4) is 11.5 Å². The molecule has 0 saturated heterocycles. The number of ether oxygens (including phenoxy) is 2. The first-order valence-corrected chi connectivity index (χ1v) is 6.69. The van der Waals surface area contributed by atoms with Crippen LogP contribution < -0.4 is 15.2 Å². The van der Waals surface area contributed by atoms with Crippen molar-refractivity contribution in [2.75, 3.05) is 20.8 Å². The summed E-state index contributed by atoms with van der Waals surface area (Å²) in [5.41, 5.74) is 6.56. The lowest BCUT2D eigenvalue weighted by Gasteiger charge is -2.42. The van der Waals surface area contributed by atoms with Crippen LogP contribution >= 0.6 is 15.9 Å². The number of rotatable bonds is 4. The van der Waals surface area contributed by atoms with Crippen molar-refractivity contribution in [3.05, 3.63) is 21.9 Å². The summed E-state index contributed by atoms with van der Waals surface area (Å²) < 4.78 is 25.2. The fourth-order valence-corrected chi connectivity index (χ4v) is 3.12. The Hall–Kier alpha value is -0.810. The quantitative estimate of drug-likeness (QED) is 0.928. The molecule has 0 amide bonds. The molecule has 1 aromatic rings. The van der Waals surface area contributed by atoms with Gasteiger partial charge >= 0.3 is 0 Å². The summed E-state index contributed by atoms with van der Waals surface area (Å²) in [6.45, 7) is 0.502. The fourth-order valence-electron chi connectivity index (χ4n) is 2.55. The highest BCUT2D eigenvalue weighted by Crippen LogP contribution is 2.50. The minimum absolute atomic E-state index is 0.152. The molecule has 1 fully saturated rings. The first-order valence-electron chi connectivity index (χ1n) is 5.90. The summed E-state index contributed by atoms with van der Waals surface area (Å²) in [6.07, 6.45) is 3.06. The van der Waals surface area contributed by atoms with Crippen LogP contribution in [0.3, 0.4) is 0 Å². The zero-order chi connectivity index (χ0) is 13.3. The van der Waals surface area contributed by atoms with Crippen molar-refractivity contribution in [1.82, 2.24) is 0 Å². The van der Waals surface area contributed by atoms with Crippen molar-refractivity contribution >= 4 is 15.9 Å². The van der Waals surface area contributed by atoms with Gasteiger partial charge in [0, 0.05) is 17.5 Å². The Morgan fingerprint density at radius 3 is 2.33 bits per heavy atom. The highest BCUT2D eigenvalue weighted by atomic mass is 79.9. The van der Waals surface area contributed by atoms with Gasteiger partial charge in [-0.1, -0.05) is 6.42 Å². The highest BCUT2D eigenvalue weighted by Gasteiger charge is 2.41. The molecule has 2 N–H and O–H groups in total.